The number of para-hydroxylation sites is 1. The number of aliphatic carboxylic acids is 1. The number of ether oxygens (including phenoxy) is 1. The molecule has 1 atom stereocenters. The van der Waals surface area contributed by atoms with E-state index >= 15 is 0 Å². The third kappa shape index (κ3) is 3.06. The van der Waals surface area contributed by atoms with Gasteiger partial charge >= 0.3 is 5.97 Å². The van der Waals surface area contributed by atoms with Crippen molar-refractivity contribution in [2.75, 3.05) is 19.8 Å². The van der Waals surface area contributed by atoms with E-state index in [2.05, 4.69) is 10.1 Å². The van der Waals surface area contributed by atoms with Crippen LogP contribution in [0.4, 0.5) is 0 Å². The van der Waals surface area contributed by atoms with Crippen LogP contribution in [0.1, 0.15) is 35.2 Å². The third-order valence-electron chi connectivity index (χ3n) is 4.52. The van der Waals surface area contributed by atoms with Crippen LogP contribution in [-0.4, -0.2) is 62.4 Å². The Hall–Kier alpha value is -2.45. The fourth-order valence-electron chi connectivity index (χ4n) is 3.00. The smallest absolute Gasteiger partial charge is 0.328 e. The number of halogens is 1. The fourth-order valence-corrected chi connectivity index (χ4v) is 3.22. The molecule has 26 heavy (non-hydrogen) atoms. The third-order valence-corrected chi connectivity index (χ3v) is 4.84. The van der Waals surface area contributed by atoms with Crippen LogP contribution in [0.15, 0.2) is 24.3 Å². The highest BCUT2D eigenvalue weighted by atomic mass is 35.5. The van der Waals surface area contributed by atoms with Crippen molar-refractivity contribution in [1.29, 1.82) is 0 Å². The summed E-state index contributed by atoms with van der Waals surface area (Å²) in [5.41, 5.74) is 0.652. The lowest BCUT2D eigenvalue weighted by Gasteiger charge is -2.31. The Bertz CT molecular complexity index is 864. The minimum Gasteiger partial charge on any atom is -0.480 e. The van der Waals surface area contributed by atoms with E-state index in [4.69, 9.17) is 16.3 Å². The first-order chi connectivity index (χ1) is 12.6. The van der Waals surface area contributed by atoms with Crippen LogP contribution in [0.2, 0.25) is 5.02 Å². The Morgan fingerprint density at radius 2 is 2.04 bits per heavy atom. The second kappa shape index (κ2) is 6.69. The predicted molar refractivity (Wildman–Crippen MR) is 91.6 cm³/mol. The molecule has 2 heterocycles. The highest BCUT2D eigenvalue weighted by Crippen LogP contribution is 2.40. The Morgan fingerprint density at radius 3 is 2.73 bits per heavy atom. The molecule has 0 bridgehead atoms. The summed E-state index contributed by atoms with van der Waals surface area (Å²) in [6, 6.07) is 6.18. The summed E-state index contributed by atoms with van der Waals surface area (Å²) in [6.45, 7) is 0.438. The maximum Gasteiger partial charge on any atom is 0.328 e. The summed E-state index contributed by atoms with van der Waals surface area (Å²) in [5.74, 6) is -0.707. The summed E-state index contributed by atoms with van der Waals surface area (Å²) in [6.07, 6.45) is 1.96. The quantitative estimate of drug-likeness (QED) is 0.872. The van der Waals surface area contributed by atoms with Gasteiger partial charge in [-0.2, -0.15) is 0 Å². The molecular weight excluding hydrogens is 360 g/mol. The molecule has 2 aromatic rings. The number of hydrogen-bond donors (Lipinski definition) is 1. The molecular formula is C17H17ClN4O4. The van der Waals surface area contributed by atoms with E-state index < -0.39 is 17.9 Å². The van der Waals surface area contributed by atoms with Gasteiger partial charge < -0.3 is 14.7 Å². The van der Waals surface area contributed by atoms with Crippen molar-refractivity contribution in [1.82, 2.24) is 19.7 Å². The molecule has 1 amide bonds. The van der Waals surface area contributed by atoms with Crippen LogP contribution >= 0.6 is 11.6 Å². The molecule has 0 unspecified atom stereocenters. The predicted octanol–water partition coefficient (Wildman–Crippen LogP) is 1.72. The van der Waals surface area contributed by atoms with Crippen LogP contribution in [0, 0.1) is 0 Å². The van der Waals surface area contributed by atoms with Gasteiger partial charge in [0, 0.05) is 12.5 Å². The van der Waals surface area contributed by atoms with E-state index in [1.54, 1.807) is 10.7 Å². The van der Waals surface area contributed by atoms with Crippen LogP contribution in [0.3, 0.4) is 0 Å². The fraction of sp³-hybridized carbons (Fsp3) is 0.412. The monoisotopic (exact) mass is 376 g/mol. The van der Waals surface area contributed by atoms with Gasteiger partial charge in [0.1, 0.15) is 5.82 Å². The summed E-state index contributed by atoms with van der Waals surface area (Å²) in [4.78, 5) is 30.0. The van der Waals surface area contributed by atoms with E-state index in [-0.39, 0.29) is 31.5 Å². The number of morpholine rings is 1. The van der Waals surface area contributed by atoms with Crippen molar-refractivity contribution < 1.29 is 19.4 Å². The van der Waals surface area contributed by atoms with Gasteiger partial charge in [-0.1, -0.05) is 23.7 Å². The first kappa shape index (κ1) is 17.0. The van der Waals surface area contributed by atoms with Crippen molar-refractivity contribution in [3.05, 3.63) is 40.9 Å². The number of carboxylic acids is 1. The number of hydrogen-bond acceptors (Lipinski definition) is 5. The molecule has 1 aliphatic heterocycles. The second-order valence-corrected chi connectivity index (χ2v) is 6.77. The van der Waals surface area contributed by atoms with Gasteiger partial charge in [-0.05, 0) is 25.0 Å². The standard InChI is InChI=1S/C17H17ClN4O4/c18-11-3-1-2-4-12(11)22-15(10-5-6-10)19-14(20-22)16(23)21-7-8-26-9-13(21)17(24)25/h1-4,10,13H,5-9H2,(H,24,25)/t13-/m1/s1. The molecule has 1 aliphatic carbocycles. The Morgan fingerprint density at radius 1 is 1.27 bits per heavy atom. The zero-order chi connectivity index (χ0) is 18.3. The number of carbonyl (C=O) groups is 2. The topological polar surface area (TPSA) is 97.5 Å². The maximum atomic E-state index is 12.9. The molecule has 0 radical (unpaired) electrons. The van der Waals surface area contributed by atoms with Gasteiger partial charge in [-0.25, -0.2) is 14.5 Å². The van der Waals surface area contributed by atoms with Crippen LogP contribution in [0.5, 0.6) is 0 Å². The van der Waals surface area contributed by atoms with Crippen LogP contribution in [-0.2, 0) is 9.53 Å². The van der Waals surface area contributed by atoms with E-state index in [0.717, 1.165) is 12.8 Å². The minimum atomic E-state index is -1.11. The Balaban J connectivity index is 1.71. The molecule has 1 saturated heterocycles. The van der Waals surface area contributed by atoms with Crippen molar-refractivity contribution >= 4 is 23.5 Å². The molecule has 1 aromatic heterocycles. The number of nitrogens with zero attached hydrogens (tertiary/aromatic N) is 4. The average molecular weight is 377 g/mol. The lowest BCUT2D eigenvalue weighted by molar-refractivity contribution is -0.147. The van der Waals surface area contributed by atoms with Gasteiger partial charge in [0.25, 0.3) is 5.91 Å². The highest BCUT2D eigenvalue weighted by molar-refractivity contribution is 6.32. The van der Waals surface area contributed by atoms with Gasteiger partial charge in [-0.3, -0.25) is 4.79 Å². The van der Waals surface area contributed by atoms with E-state index in [1.165, 1.54) is 4.90 Å². The average Bonchev–Trinajstić information content (AvgIpc) is 3.40. The van der Waals surface area contributed by atoms with E-state index in [1.807, 2.05) is 18.2 Å². The number of carboxylic acid groups (broad SMARTS) is 1. The van der Waals surface area contributed by atoms with Gasteiger partial charge in [0.15, 0.2) is 6.04 Å². The Labute approximate surface area is 154 Å². The summed E-state index contributed by atoms with van der Waals surface area (Å²) >= 11 is 6.28. The molecule has 8 nitrogen and oxygen atoms in total. The molecule has 136 valence electrons. The highest BCUT2D eigenvalue weighted by Gasteiger charge is 2.37. The normalized spacial score (nSPS) is 20.2. The molecule has 1 aromatic carbocycles. The van der Waals surface area contributed by atoms with Gasteiger partial charge in [0.2, 0.25) is 5.82 Å². The van der Waals surface area contributed by atoms with Crippen molar-refractivity contribution in [2.45, 2.75) is 24.8 Å². The van der Waals surface area contributed by atoms with Gasteiger partial charge in [-0.15, -0.1) is 5.10 Å². The molecule has 0 spiro atoms. The molecule has 9 heteroatoms. The summed E-state index contributed by atoms with van der Waals surface area (Å²) in [5, 5.41) is 14.2. The Kier molecular flexibility index (Phi) is 4.37. The maximum absolute atomic E-state index is 12.9. The molecule has 2 fully saturated rings. The number of aromatic nitrogens is 3. The zero-order valence-corrected chi connectivity index (χ0v) is 14.6. The van der Waals surface area contributed by atoms with Crippen molar-refractivity contribution in [3.63, 3.8) is 0 Å². The first-order valence-electron chi connectivity index (χ1n) is 8.39. The number of amides is 1. The van der Waals surface area contributed by atoms with Gasteiger partial charge in [0.05, 0.1) is 23.9 Å². The van der Waals surface area contributed by atoms with Crippen molar-refractivity contribution in [3.8, 4) is 5.69 Å². The lowest BCUT2D eigenvalue weighted by atomic mass is 10.2. The number of benzene rings is 1. The summed E-state index contributed by atoms with van der Waals surface area (Å²) in [7, 11) is 0. The van der Waals surface area contributed by atoms with Crippen LogP contribution in [0.25, 0.3) is 5.69 Å². The van der Waals surface area contributed by atoms with E-state index in [0.29, 0.717) is 16.5 Å². The SMILES string of the molecule is O=C(O)[C@H]1COCCN1C(=O)c1nc(C2CC2)n(-c2ccccc2Cl)n1. The van der Waals surface area contributed by atoms with Crippen LogP contribution < -0.4 is 0 Å². The molecule has 2 aliphatic rings. The molecule has 1 N–H and O–H groups in total. The molecule has 4 rings (SSSR count). The zero-order valence-electron chi connectivity index (χ0n) is 13.8. The second-order valence-electron chi connectivity index (χ2n) is 6.36. The number of rotatable bonds is 4. The lowest BCUT2D eigenvalue weighted by Crippen LogP contribution is -2.52. The first-order valence-corrected chi connectivity index (χ1v) is 8.77. The number of carbonyl (C=O) groups excluding carboxylic acids is 1. The summed E-state index contributed by atoms with van der Waals surface area (Å²) < 4.78 is 6.78. The van der Waals surface area contributed by atoms with Crippen molar-refractivity contribution in [2.24, 2.45) is 0 Å². The largest absolute Gasteiger partial charge is 0.480 e. The minimum absolute atomic E-state index is 0.0139. The van der Waals surface area contributed by atoms with E-state index in [9.17, 15) is 14.7 Å². The molecule has 1 saturated carbocycles.